The van der Waals surface area contributed by atoms with E-state index < -0.39 is 12.0 Å². The van der Waals surface area contributed by atoms with Gasteiger partial charge in [0.2, 0.25) is 5.91 Å². The Hall–Kier alpha value is -2.29. The first-order valence-corrected chi connectivity index (χ1v) is 11.7. The van der Waals surface area contributed by atoms with Crippen molar-refractivity contribution in [3.63, 3.8) is 0 Å². The van der Waals surface area contributed by atoms with Crippen molar-refractivity contribution in [2.24, 2.45) is 10.9 Å². The van der Waals surface area contributed by atoms with Gasteiger partial charge in [-0.05, 0) is 29.9 Å². The predicted octanol–water partition coefficient (Wildman–Crippen LogP) is 4.27. The molecule has 0 spiro atoms. The standard InChI is InChI=1S/C23H28ClN3O4S/c1-14(2)12-25-19(28)11-16-13-32-23-26-15(3)20(22(29)31-10-9-30-4)21(27(16)23)17-7-5-6-8-18(17)24/h5-8,13-14,21H,9-12H2,1-4H3,(H,25,28)/t21-/m0/s1. The number of amidine groups is 1. The van der Waals surface area contributed by atoms with E-state index in [0.717, 1.165) is 11.3 Å². The van der Waals surface area contributed by atoms with Gasteiger partial charge in [-0.2, -0.15) is 0 Å². The van der Waals surface area contributed by atoms with Crippen molar-refractivity contribution in [2.75, 3.05) is 26.9 Å². The number of nitrogens with one attached hydrogen (secondary N) is 1. The third-order valence-electron chi connectivity index (χ3n) is 4.99. The molecule has 3 rings (SSSR count). The second kappa shape index (κ2) is 11.0. The van der Waals surface area contributed by atoms with Crippen LogP contribution in [0.5, 0.6) is 0 Å². The highest BCUT2D eigenvalue weighted by atomic mass is 35.5. The lowest BCUT2D eigenvalue weighted by molar-refractivity contribution is -0.141. The fraction of sp³-hybridized carbons (Fsp3) is 0.435. The number of rotatable bonds is 9. The quantitative estimate of drug-likeness (QED) is 0.422. The number of amides is 1. The molecule has 1 aromatic carbocycles. The number of halogens is 1. The minimum absolute atomic E-state index is 0.0831. The molecule has 0 aliphatic carbocycles. The molecule has 0 bridgehead atoms. The molecule has 1 aromatic rings. The Morgan fingerprint density at radius 3 is 2.72 bits per heavy atom. The van der Waals surface area contributed by atoms with E-state index in [0.29, 0.717) is 40.5 Å². The van der Waals surface area contributed by atoms with Gasteiger partial charge < -0.3 is 19.7 Å². The molecule has 1 amide bonds. The lowest BCUT2D eigenvalue weighted by Gasteiger charge is -2.36. The number of carbonyl (C=O) groups excluding carboxylic acids is 2. The summed E-state index contributed by atoms with van der Waals surface area (Å²) in [5.41, 5.74) is 2.47. The van der Waals surface area contributed by atoms with Gasteiger partial charge >= 0.3 is 5.97 Å². The summed E-state index contributed by atoms with van der Waals surface area (Å²) in [6, 6.07) is 6.83. The number of thioether (sulfide) groups is 1. The van der Waals surface area contributed by atoms with E-state index in [1.54, 1.807) is 20.1 Å². The molecule has 172 valence electrons. The van der Waals surface area contributed by atoms with E-state index in [1.165, 1.54) is 11.8 Å². The Kier molecular flexibility index (Phi) is 8.39. The average Bonchev–Trinajstić information content (AvgIpc) is 3.13. The molecule has 32 heavy (non-hydrogen) atoms. The van der Waals surface area contributed by atoms with Crippen LogP contribution in [0.2, 0.25) is 5.02 Å². The van der Waals surface area contributed by atoms with Gasteiger partial charge in [-0.1, -0.05) is 55.4 Å². The van der Waals surface area contributed by atoms with Crippen LogP contribution in [-0.4, -0.2) is 48.8 Å². The van der Waals surface area contributed by atoms with Crippen molar-refractivity contribution in [1.29, 1.82) is 0 Å². The molecule has 2 heterocycles. The first-order chi connectivity index (χ1) is 15.3. The van der Waals surface area contributed by atoms with E-state index in [1.807, 2.05) is 42.4 Å². The van der Waals surface area contributed by atoms with Gasteiger partial charge in [0.25, 0.3) is 0 Å². The Morgan fingerprint density at radius 1 is 1.28 bits per heavy atom. The van der Waals surface area contributed by atoms with Crippen LogP contribution < -0.4 is 5.32 Å². The Bertz CT molecular complexity index is 974. The molecule has 0 fully saturated rings. The van der Waals surface area contributed by atoms with E-state index in [2.05, 4.69) is 10.3 Å². The molecule has 0 saturated heterocycles. The normalized spacial score (nSPS) is 17.8. The second-order valence-electron chi connectivity index (χ2n) is 7.92. The first-order valence-electron chi connectivity index (χ1n) is 10.4. The van der Waals surface area contributed by atoms with Crippen LogP contribution >= 0.6 is 23.4 Å². The first kappa shape index (κ1) is 24.4. The molecule has 1 N–H and O–H groups in total. The number of ether oxygens (including phenoxy) is 2. The summed E-state index contributed by atoms with van der Waals surface area (Å²) < 4.78 is 10.4. The summed E-state index contributed by atoms with van der Waals surface area (Å²) in [6.45, 7) is 6.90. The highest BCUT2D eigenvalue weighted by molar-refractivity contribution is 8.16. The maximum Gasteiger partial charge on any atom is 0.338 e. The zero-order valence-electron chi connectivity index (χ0n) is 18.7. The largest absolute Gasteiger partial charge is 0.460 e. The van der Waals surface area contributed by atoms with Crippen LogP contribution in [0.15, 0.2) is 51.6 Å². The zero-order valence-corrected chi connectivity index (χ0v) is 20.3. The summed E-state index contributed by atoms with van der Waals surface area (Å²) in [6.07, 6.45) is 0.171. The second-order valence-corrected chi connectivity index (χ2v) is 9.16. The molecule has 2 aliphatic heterocycles. The lowest BCUT2D eigenvalue weighted by Crippen LogP contribution is -2.38. The van der Waals surface area contributed by atoms with Crippen LogP contribution in [0.4, 0.5) is 0 Å². The summed E-state index contributed by atoms with van der Waals surface area (Å²) >= 11 is 7.99. The molecule has 0 aromatic heterocycles. The highest BCUT2D eigenvalue weighted by Gasteiger charge is 2.41. The minimum Gasteiger partial charge on any atom is -0.460 e. The van der Waals surface area contributed by atoms with Crippen molar-refractivity contribution in [3.8, 4) is 0 Å². The van der Waals surface area contributed by atoms with Crippen molar-refractivity contribution in [2.45, 2.75) is 33.2 Å². The van der Waals surface area contributed by atoms with Crippen molar-refractivity contribution in [3.05, 3.63) is 57.2 Å². The molecular weight excluding hydrogens is 450 g/mol. The minimum atomic E-state index is -0.551. The zero-order chi connectivity index (χ0) is 23.3. The molecule has 0 unspecified atom stereocenters. The van der Waals surface area contributed by atoms with Crippen molar-refractivity contribution < 1.29 is 19.1 Å². The monoisotopic (exact) mass is 477 g/mol. The van der Waals surface area contributed by atoms with Crippen LogP contribution in [-0.2, 0) is 19.1 Å². The number of benzene rings is 1. The van der Waals surface area contributed by atoms with Gasteiger partial charge in [-0.3, -0.25) is 4.79 Å². The van der Waals surface area contributed by atoms with Crippen LogP contribution in [0.1, 0.15) is 38.8 Å². The summed E-state index contributed by atoms with van der Waals surface area (Å²) in [5, 5.41) is 6.08. The Morgan fingerprint density at radius 2 is 2.03 bits per heavy atom. The SMILES string of the molecule is COCCOC(=O)C1=C(C)N=C2SC=C(CC(=O)NCC(C)C)N2[C@H]1c1ccccc1Cl. The topological polar surface area (TPSA) is 80.2 Å². The van der Waals surface area contributed by atoms with Gasteiger partial charge in [0.1, 0.15) is 6.61 Å². The van der Waals surface area contributed by atoms with Crippen molar-refractivity contribution >= 4 is 40.4 Å². The fourth-order valence-corrected chi connectivity index (χ4v) is 4.67. The maximum absolute atomic E-state index is 13.1. The lowest BCUT2D eigenvalue weighted by atomic mass is 9.93. The fourth-order valence-electron chi connectivity index (χ4n) is 3.46. The third kappa shape index (κ3) is 5.54. The van der Waals surface area contributed by atoms with Crippen molar-refractivity contribution in [1.82, 2.24) is 10.2 Å². The number of aliphatic imine (C=N–C) groups is 1. The van der Waals surface area contributed by atoms with Gasteiger partial charge in [-0.15, -0.1) is 0 Å². The van der Waals surface area contributed by atoms with Gasteiger partial charge in [0.15, 0.2) is 5.17 Å². The molecular formula is C23H28ClN3O4S. The molecule has 0 saturated carbocycles. The maximum atomic E-state index is 13.1. The average molecular weight is 478 g/mol. The number of carbonyl (C=O) groups is 2. The summed E-state index contributed by atoms with van der Waals surface area (Å²) in [7, 11) is 1.55. The van der Waals surface area contributed by atoms with Crippen LogP contribution in [0, 0.1) is 5.92 Å². The van der Waals surface area contributed by atoms with Crippen LogP contribution in [0.3, 0.4) is 0 Å². The van der Waals surface area contributed by atoms with E-state index >= 15 is 0 Å². The Labute approximate surface area is 197 Å². The molecule has 1 atom stereocenters. The Balaban J connectivity index is 1.96. The van der Waals surface area contributed by atoms with Gasteiger partial charge in [0, 0.05) is 24.4 Å². The van der Waals surface area contributed by atoms with Crippen LogP contribution in [0.25, 0.3) is 0 Å². The molecule has 7 nitrogen and oxygen atoms in total. The van der Waals surface area contributed by atoms with E-state index in [4.69, 9.17) is 21.1 Å². The molecule has 0 radical (unpaired) electrons. The summed E-state index contributed by atoms with van der Waals surface area (Å²) in [4.78, 5) is 32.2. The number of fused-ring (bicyclic) bond motifs is 1. The van der Waals surface area contributed by atoms with Gasteiger partial charge in [-0.25, -0.2) is 9.79 Å². The highest BCUT2D eigenvalue weighted by Crippen LogP contribution is 2.46. The number of esters is 1. The van der Waals surface area contributed by atoms with E-state index in [-0.39, 0.29) is 18.9 Å². The smallest absolute Gasteiger partial charge is 0.338 e. The predicted molar refractivity (Wildman–Crippen MR) is 127 cm³/mol. The third-order valence-corrected chi connectivity index (χ3v) is 6.22. The number of methoxy groups -OCH3 is 1. The number of hydrogen-bond donors (Lipinski definition) is 1. The van der Waals surface area contributed by atoms with Gasteiger partial charge in [0.05, 0.1) is 30.3 Å². The number of allylic oxidation sites excluding steroid dienone is 1. The number of nitrogens with zero attached hydrogens (tertiary/aromatic N) is 2. The molecule has 2 aliphatic rings. The summed E-state index contributed by atoms with van der Waals surface area (Å²) in [5.74, 6) is -0.207. The number of hydrogen-bond acceptors (Lipinski definition) is 7. The van der Waals surface area contributed by atoms with E-state index in [9.17, 15) is 9.59 Å². The molecule has 9 heteroatoms.